The fourth-order valence-electron chi connectivity index (χ4n) is 3.79. The number of hydrogen-bond acceptors (Lipinski definition) is 4. The first-order valence-electron chi connectivity index (χ1n) is 10.9. The Morgan fingerprint density at radius 3 is 2.24 bits per heavy atom. The molecule has 0 fully saturated rings. The summed E-state index contributed by atoms with van der Waals surface area (Å²) in [4.78, 5) is -0.170. The van der Waals surface area contributed by atoms with Crippen LogP contribution in [0.2, 0.25) is 0 Å². The monoisotopic (exact) mass is 481 g/mol. The zero-order valence-electron chi connectivity index (χ0n) is 20.1. The maximum Gasteiger partial charge on any atom is 0.263 e. The third-order valence-electron chi connectivity index (χ3n) is 5.44. The number of furan rings is 1. The fourth-order valence-corrected chi connectivity index (χ4v) is 4.86. The summed E-state index contributed by atoms with van der Waals surface area (Å²) in [6.45, 7) is 12.0. The van der Waals surface area contributed by atoms with E-state index in [9.17, 15) is 12.8 Å². The summed E-state index contributed by atoms with van der Waals surface area (Å²) in [7, 11) is -4.06. The van der Waals surface area contributed by atoms with E-state index in [1.54, 1.807) is 10.7 Å². The van der Waals surface area contributed by atoms with Gasteiger partial charge in [0.2, 0.25) is 0 Å². The molecule has 2 aromatic heterocycles. The summed E-state index contributed by atoms with van der Waals surface area (Å²) in [6.07, 6.45) is 0. The highest BCUT2D eigenvalue weighted by molar-refractivity contribution is 7.92. The first-order chi connectivity index (χ1) is 15.8. The Morgan fingerprint density at radius 1 is 0.971 bits per heavy atom. The van der Waals surface area contributed by atoms with Crippen molar-refractivity contribution in [1.82, 2.24) is 9.78 Å². The fraction of sp³-hybridized carbons (Fsp3) is 0.269. The van der Waals surface area contributed by atoms with Gasteiger partial charge in [0.05, 0.1) is 16.3 Å². The molecule has 8 heteroatoms. The Balaban J connectivity index is 1.87. The minimum atomic E-state index is -4.06. The highest BCUT2D eigenvalue weighted by atomic mass is 32.2. The van der Waals surface area contributed by atoms with E-state index in [1.807, 2.05) is 45.0 Å². The number of nitrogens with zero attached hydrogens (tertiary/aromatic N) is 2. The quantitative estimate of drug-likeness (QED) is 0.363. The van der Waals surface area contributed by atoms with Crippen molar-refractivity contribution in [2.45, 2.75) is 51.9 Å². The smallest absolute Gasteiger partial charge is 0.263 e. The Labute approximate surface area is 199 Å². The second kappa shape index (κ2) is 8.43. The van der Waals surface area contributed by atoms with Crippen molar-refractivity contribution in [3.8, 4) is 16.9 Å². The molecule has 0 spiro atoms. The van der Waals surface area contributed by atoms with Gasteiger partial charge < -0.3 is 4.42 Å². The van der Waals surface area contributed by atoms with E-state index in [4.69, 9.17) is 9.52 Å². The average molecular weight is 482 g/mol. The summed E-state index contributed by atoms with van der Waals surface area (Å²) in [5.41, 5.74) is 3.88. The van der Waals surface area contributed by atoms with Gasteiger partial charge in [-0.05, 0) is 68.3 Å². The second-order valence-corrected chi connectivity index (χ2v) is 11.2. The summed E-state index contributed by atoms with van der Waals surface area (Å²) >= 11 is 0. The van der Waals surface area contributed by atoms with Crippen LogP contribution in [0, 0.1) is 26.6 Å². The first-order valence-corrected chi connectivity index (χ1v) is 12.4. The van der Waals surface area contributed by atoms with Gasteiger partial charge in [0.25, 0.3) is 10.0 Å². The van der Waals surface area contributed by atoms with Crippen LogP contribution >= 0.6 is 0 Å². The van der Waals surface area contributed by atoms with Crippen molar-refractivity contribution < 1.29 is 17.2 Å². The minimum absolute atomic E-state index is 0.170. The number of rotatable bonds is 5. The molecule has 0 aliphatic heterocycles. The molecular formula is C26H28FN3O3S. The molecule has 0 aliphatic carbocycles. The van der Waals surface area contributed by atoms with E-state index in [0.717, 1.165) is 28.5 Å². The molecule has 2 heterocycles. The van der Waals surface area contributed by atoms with Gasteiger partial charge in [0.15, 0.2) is 0 Å². The van der Waals surface area contributed by atoms with Crippen molar-refractivity contribution >= 4 is 15.8 Å². The number of sulfonamides is 1. The molecule has 0 amide bonds. The summed E-state index contributed by atoms with van der Waals surface area (Å²) in [5.74, 6) is 1.11. The molecular weight excluding hydrogens is 453 g/mol. The van der Waals surface area contributed by atoms with Crippen molar-refractivity contribution in [1.29, 1.82) is 0 Å². The van der Waals surface area contributed by atoms with Gasteiger partial charge in [-0.3, -0.25) is 4.72 Å². The number of aromatic nitrogens is 2. The van der Waals surface area contributed by atoms with Gasteiger partial charge in [-0.15, -0.1) is 0 Å². The number of hydrogen-bond donors (Lipinski definition) is 1. The summed E-state index contributed by atoms with van der Waals surface area (Å²) in [6, 6.07) is 14.4. The number of anilines is 1. The highest BCUT2D eigenvalue weighted by Gasteiger charge is 2.24. The van der Waals surface area contributed by atoms with Crippen LogP contribution in [-0.2, 0) is 15.4 Å². The van der Waals surface area contributed by atoms with Crippen molar-refractivity contribution in [3.05, 3.63) is 83.1 Å². The second-order valence-electron chi connectivity index (χ2n) is 9.57. The summed E-state index contributed by atoms with van der Waals surface area (Å²) < 4.78 is 50.0. The minimum Gasteiger partial charge on any atom is -0.465 e. The van der Waals surface area contributed by atoms with Gasteiger partial charge in [-0.1, -0.05) is 32.9 Å². The Bertz CT molecular complexity index is 1460. The van der Waals surface area contributed by atoms with Gasteiger partial charge in [0.1, 0.15) is 23.2 Å². The predicted octanol–water partition coefficient (Wildman–Crippen LogP) is 6.29. The third kappa shape index (κ3) is 4.77. The lowest BCUT2D eigenvalue weighted by molar-refractivity contribution is 0.396. The average Bonchev–Trinajstić information content (AvgIpc) is 3.30. The number of nitrogens with one attached hydrogen (secondary N) is 1. The maximum atomic E-state index is 13.7. The molecule has 0 saturated carbocycles. The molecule has 6 nitrogen and oxygen atoms in total. The topological polar surface area (TPSA) is 77.1 Å². The Morgan fingerprint density at radius 2 is 1.65 bits per heavy atom. The molecule has 0 radical (unpaired) electrons. The van der Waals surface area contributed by atoms with Crippen molar-refractivity contribution in [2.24, 2.45) is 0 Å². The normalized spacial score (nSPS) is 12.2. The SMILES string of the molecule is Cc1cc(C)cc(-n2nc(-c3cc(C(C)(C)C)oc3C)cc2NS(=O)(=O)c2cccc(F)c2)c1. The molecule has 2 aromatic carbocycles. The lowest BCUT2D eigenvalue weighted by Gasteiger charge is -2.13. The van der Waals surface area contributed by atoms with Crippen LogP contribution in [0.25, 0.3) is 16.9 Å². The van der Waals surface area contributed by atoms with E-state index in [2.05, 4.69) is 25.5 Å². The van der Waals surface area contributed by atoms with Crippen LogP contribution in [-0.4, -0.2) is 18.2 Å². The molecule has 4 aromatic rings. The van der Waals surface area contributed by atoms with E-state index < -0.39 is 15.8 Å². The molecule has 0 saturated heterocycles. The number of aryl methyl sites for hydroxylation is 3. The van der Waals surface area contributed by atoms with Gasteiger partial charge >= 0.3 is 0 Å². The predicted molar refractivity (Wildman–Crippen MR) is 131 cm³/mol. The summed E-state index contributed by atoms with van der Waals surface area (Å²) in [5, 5.41) is 4.74. The lowest BCUT2D eigenvalue weighted by atomic mass is 9.93. The maximum absolute atomic E-state index is 13.7. The van der Waals surface area contributed by atoms with Crippen LogP contribution in [0.4, 0.5) is 10.2 Å². The molecule has 0 atom stereocenters. The standard InChI is InChI=1S/C26H28FN3O3S/c1-16-10-17(2)12-20(11-16)30-25(29-34(31,32)21-9-7-8-19(27)13-21)15-23(28-30)22-14-24(26(4,5)6)33-18(22)3/h7-15,29H,1-6H3. The Hall–Kier alpha value is -3.39. The van der Waals surface area contributed by atoms with Gasteiger partial charge in [-0.2, -0.15) is 5.10 Å². The lowest BCUT2D eigenvalue weighted by Crippen LogP contribution is -2.16. The van der Waals surface area contributed by atoms with Gasteiger partial charge in [0, 0.05) is 17.0 Å². The van der Waals surface area contributed by atoms with Crippen LogP contribution < -0.4 is 4.72 Å². The van der Waals surface area contributed by atoms with Crippen molar-refractivity contribution in [3.63, 3.8) is 0 Å². The molecule has 34 heavy (non-hydrogen) atoms. The molecule has 178 valence electrons. The zero-order valence-corrected chi connectivity index (χ0v) is 20.9. The molecule has 0 aliphatic rings. The number of benzene rings is 2. The van der Waals surface area contributed by atoms with Crippen LogP contribution in [0.3, 0.4) is 0 Å². The van der Waals surface area contributed by atoms with E-state index in [0.29, 0.717) is 17.1 Å². The van der Waals surface area contributed by atoms with Crippen LogP contribution in [0.15, 0.2) is 63.9 Å². The van der Waals surface area contributed by atoms with Crippen LogP contribution in [0.1, 0.15) is 43.4 Å². The third-order valence-corrected chi connectivity index (χ3v) is 6.79. The van der Waals surface area contributed by atoms with Gasteiger partial charge in [-0.25, -0.2) is 17.5 Å². The van der Waals surface area contributed by atoms with E-state index in [1.165, 1.54) is 18.2 Å². The van der Waals surface area contributed by atoms with Crippen LogP contribution in [0.5, 0.6) is 0 Å². The number of halogens is 1. The molecule has 1 N–H and O–H groups in total. The van der Waals surface area contributed by atoms with E-state index in [-0.39, 0.29) is 16.1 Å². The molecule has 4 rings (SSSR count). The highest BCUT2D eigenvalue weighted by Crippen LogP contribution is 2.34. The molecule has 0 unspecified atom stereocenters. The van der Waals surface area contributed by atoms with E-state index >= 15 is 0 Å². The molecule has 0 bridgehead atoms. The largest absolute Gasteiger partial charge is 0.465 e. The van der Waals surface area contributed by atoms with Crippen molar-refractivity contribution in [2.75, 3.05) is 4.72 Å². The zero-order chi connectivity index (χ0) is 24.8. The first kappa shape index (κ1) is 23.8. The Kier molecular flexibility index (Phi) is 5.89.